The van der Waals surface area contributed by atoms with Crippen LogP contribution in [0.1, 0.15) is 53.1 Å². The Morgan fingerprint density at radius 1 is 1.32 bits per heavy atom. The number of carbonyl (C=O) groups is 2. The largest absolute Gasteiger partial charge is 0.475 e. The molecule has 1 aliphatic carbocycles. The zero-order valence-corrected chi connectivity index (χ0v) is 10.5. The maximum atomic E-state index is 12.4. The van der Waals surface area contributed by atoms with Crippen molar-refractivity contribution in [1.29, 1.82) is 0 Å². The van der Waals surface area contributed by atoms with Crippen molar-refractivity contribution in [3.63, 3.8) is 0 Å². The molecule has 6 heteroatoms. The van der Waals surface area contributed by atoms with Gasteiger partial charge in [-0.25, -0.2) is 4.79 Å². The molecule has 0 radical (unpaired) electrons. The van der Waals surface area contributed by atoms with Crippen molar-refractivity contribution in [1.82, 2.24) is 10.1 Å². The van der Waals surface area contributed by atoms with Gasteiger partial charge in [0.05, 0.1) is 0 Å². The Bertz CT molecular complexity index is 510. The van der Waals surface area contributed by atoms with E-state index in [4.69, 9.17) is 5.11 Å². The van der Waals surface area contributed by atoms with Crippen molar-refractivity contribution < 1.29 is 19.2 Å². The maximum Gasteiger partial charge on any atom is 0.374 e. The maximum absolute atomic E-state index is 12.4. The highest BCUT2D eigenvalue weighted by atomic mass is 16.5. The molecule has 2 atom stereocenters. The summed E-state index contributed by atoms with van der Waals surface area (Å²) >= 11 is 0. The Hall–Kier alpha value is -1.85. The van der Waals surface area contributed by atoms with Crippen molar-refractivity contribution in [2.75, 3.05) is 6.54 Å². The van der Waals surface area contributed by atoms with Crippen LogP contribution in [-0.2, 0) is 0 Å². The van der Waals surface area contributed by atoms with Crippen LogP contribution in [0.3, 0.4) is 0 Å². The minimum atomic E-state index is -1.20. The third kappa shape index (κ3) is 2.11. The fourth-order valence-electron chi connectivity index (χ4n) is 3.33. The van der Waals surface area contributed by atoms with Gasteiger partial charge in [-0.2, -0.15) is 0 Å². The van der Waals surface area contributed by atoms with Crippen LogP contribution in [0.2, 0.25) is 0 Å². The molecule has 1 saturated carbocycles. The first kappa shape index (κ1) is 12.2. The van der Waals surface area contributed by atoms with Crippen LogP contribution in [0.5, 0.6) is 0 Å². The van der Waals surface area contributed by atoms with E-state index in [2.05, 4.69) is 9.68 Å². The van der Waals surface area contributed by atoms with Gasteiger partial charge in [-0.3, -0.25) is 4.79 Å². The van der Waals surface area contributed by atoms with E-state index in [0.717, 1.165) is 25.8 Å². The summed E-state index contributed by atoms with van der Waals surface area (Å²) in [6.45, 7) is 0.731. The molecule has 0 aromatic carbocycles. The molecule has 0 spiro atoms. The number of aromatic nitrogens is 1. The van der Waals surface area contributed by atoms with Gasteiger partial charge in [0, 0.05) is 18.7 Å². The smallest absolute Gasteiger partial charge is 0.374 e. The second-order valence-electron chi connectivity index (χ2n) is 5.28. The van der Waals surface area contributed by atoms with Gasteiger partial charge in [0.15, 0.2) is 5.69 Å². The van der Waals surface area contributed by atoms with E-state index in [1.807, 2.05) is 4.90 Å². The lowest BCUT2D eigenvalue weighted by Gasteiger charge is -2.37. The summed E-state index contributed by atoms with van der Waals surface area (Å²) < 4.78 is 4.65. The standard InChI is InChI=1S/C13H16N2O4/c16-12(9-7-11(13(17)18)19-14-9)15-6-2-4-8-3-1-5-10(8)15/h7-8,10H,1-6H2,(H,17,18). The molecule has 2 aliphatic rings. The van der Waals surface area contributed by atoms with Gasteiger partial charge in [0.2, 0.25) is 5.76 Å². The molecule has 1 aromatic rings. The molecule has 1 aliphatic heterocycles. The quantitative estimate of drug-likeness (QED) is 0.880. The van der Waals surface area contributed by atoms with E-state index in [1.165, 1.54) is 18.9 Å². The molecule has 1 amide bonds. The average Bonchev–Trinajstić information content (AvgIpc) is 3.06. The van der Waals surface area contributed by atoms with Crippen LogP contribution in [0.25, 0.3) is 0 Å². The predicted molar refractivity (Wildman–Crippen MR) is 64.9 cm³/mol. The molecule has 102 valence electrons. The van der Waals surface area contributed by atoms with E-state index in [9.17, 15) is 9.59 Å². The number of fused-ring (bicyclic) bond motifs is 1. The number of carboxylic acid groups (broad SMARTS) is 1. The fraction of sp³-hybridized carbons (Fsp3) is 0.615. The number of amides is 1. The molecule has 1 aromatic heterocycles. The van der Waals surface area contributed by atoms with Crippen molar-refractivity contribution in [3.05, 3.63) is 17.5 Å². The highest BCUT2D eigenvalue weighted by Crippen LogP contribution is 2.37. The molecular weight excluding hydrogens is 248 g/mol. The minimum absolute atomic E-state index is 0.102. The number of aromatic carboxylic acids is 1. The first-order chi connectivity index (χ1) is 9.16. The van der Waals surface area contributed by atoms with Crippen molar-refractivity contribution >= 4 is 11.9 Å². The molecule has 2 fully saturated rings. The molecule has 2 heterocycles. The molecule has 1 N–H and O–H groups in total. The Balaban J connectivity index is 1.80. The van der Waals surface area contributed by atoms with Gasteiger partial charge in [-0.15, -0.1) is 0 Å². The first-order valence-corrected chi connectivity index (χ1v) is 6.68. The Labute approximate surface area is 110 Å². The molecule has 2 unspecified atom stereocenters. The zero-order valence-electron chi connectivity index (χ0n) is 10.5. The van der Waals surface area contributed by atoms with Gasteiger partial charge < -0.3 is 14.5 Å². The van der Waals surface area contributed by atoms with Gasteiger partial charge in [-0.1, -0.05) is 11.6 Å². The normalized spacial score (nSPS) is 26.2. The van der Waals surface area contributed by atoms with Crippen molar-refractivity contribution in [3.8, 4) is 0 Å². The third-order valence-electron chi connectivity index (χ3n) is 4.19. The van der Waals surface area contributed by atoms with E-state index < -0.39 is 5.97 Å². The summed E-state index contributed by atoms with van der Waals surface area (Å²) in [4.78, 5) is 25.0. The SMILES string of the molecule is O=C(O)c1cc(C(=O)N2CCCC3CCCC32)no1. The van der Waals surface area contributed by atoms with E-state index in [-0.39, 0.29) is 17.4 Å². The minimum Gasteiger partial charge on any atom is -0.475 e. The zero-order chi connectivity index (χ0) is 13.4. The molecule has 3 rings (SSSR count). The number of rotatable bonds is 2. The summed E-state index contributed by atoms with van der Waals surface area (Å²) in [5.41, 5.74) is 0.102. The summed E-state index contributed by atoms with van der Waals surface area (Å²) in [6.07, 6.45) is 5.59. The number of carboxylic acids is 1. The molecule has 0 bridgehead atoms. The Morgan fingerprint density at radius 2 is 2.11 bits per heavy atom. The Kier molecular flexibility index (Phi) is 3.00. The number of hydrogen-bond donors (Lipinski definition) is 1. The number of carbonyl (C=O) groups excluding carboxylic acids is 1. The number of likely N-dealkylation sites (tertiary alicyclic amines) is 1. The fourth-order valence-corrected chi connectivity index (χ4v) is 3.33. The molecule has 6 nitrogen and oxygen atoms in total. The highest BCUT2D eigenvalue weighted by molar-refractivity contribution is 5.95. The van der Waals surface area contributed by atoms with Gasteiger partial charge in [-0.05, 0) is 31.6 Å². The average molecular weight is 264 g/mol. The lowest BCUT2D eigenvalue weighted by Crippen LogP contribution is -2.46. The van der Waals surface area contributed by atoms with Crippen molar-refractivity contribution in [2.45, 2.75) is 38.1 Å². The molecule has 19 heavy (non-hydrogen) atoms. The second kappa shape index (κ2) is 4.68. The number of piperidine rings is 1. The van der Waals surface area contributed by atoms with Crippen LogP contribution in [-0.4, -0.2) is 39.6 Å². The highest BCUT2D eigenvalue weighted by Gasteiger charge is 2.38. The van der Waals surface area contributed by atoms with Crippen molar-refractivity contribution in [2.24, 2.45) is 5.92 Å². The van der Waals surface area contributed by atoms with Crippen LogP contribution < -0.4 is 0 Å². The van der Waals surface area contributed by atoms with Gasteiger partial charge in [0.1, 0.15) is 0 Å². The lowest BCUT2D eigenvalue weighted by atomic mass is 9.92. The van der Waals surface area contributed by atoms with Crippen LogP contribution in [0, 0.1) is 5.92 Å². The van der Waals surface area contributed by atoms with E-state index in [1.54, 1.807) is 0 Å². The summed E-state index contributed by atoms with van der Waals surface area (Å²) in [6, 6.07) is 1.51. The summed E-state index contributed by atoms with van der Waals surface area (Å²) in [7, 11) is 0. The monoisotopic (exact) mass is 264 g/mol. The first-order valence-electron chi connectivity index (χ1n) is 6.68. The van der Waals surface area contributed by atoms with Crippen LogP contribution in [0.4, 0.5) is 0 Å². The van der Waals surface area contributed by atoms with E-state index in [0.29, 0.717) is 12.0 Å². The molecule has 1 saturated heterocycles. The molecular formula is C13H16N2O4. The van der Waals surface area contributed by atoms with Crippen LogP contribution >= 0.6 is 0 Å². The summed E-state index contributed by atoms with van der Waals surface area (Å²) in [5, 5.41) is 12.4. The van der Waals surface area contributed by atoms with E-state index >= 15 is 0 Å². The summed E-state index contributed by atoms with van der Waals surface area (Å²) in [5.74, 6) is -1.09. The third-order valence-corrected chi connectivity index (χ3v) is 4.19. The lowest BCUT2D eigenvalue weighted by molar-refractivity contribution is 0.0535. The van der Waals surface area contributed by atoms with Gasteiger partial charge >= 0.3 is 5.97 Å². The predicted octanol–water partition coefficient (Wildman–Crippen LogP) is 1.78. The second-order valence-corrected chi connectivity index (χ2v) is 5.28. The number of nitrogens with zero attached hydrogens (tertiary/aromatic N) is 2. The van der Waals surface area contributed by atoms with Gasteiger partial charge in [0.25, 0.3) is 5.91 Å². The topological polar surface area (TPSA) is 83.6 Å². The number of hydrogen-bond acceptors (Lipinski definition) is 4. The van der Waals surface area contributed by atoms with Crippen LogP contribution in [0.15, 0.2) is 10.6 Å². The Morgan fingerprint density at radius 3 is 2.84 bits per heavy atom.